The van der Waals surface area contributed by atoms with Gasteiger partial charge in [0.25, 0.3) is 0 Å². The van der Waals surface area contributed by atoms with E-state index in [1.165, 1.54) is 0 Å². The van der Waals surface area contributed by atoms with Crippen LogP contribution in [0.1, 0.15) is 38.3 Å². The van der Waals surface area contributed by atoms with Gasteiger partial charge in [-0.2, -0.15) is 0 Å². The number of carbonyl (C=O) groups is 2. The molecule has 0 bridgehead atoms. The van der Waals surface area contributed by atoms with Crippen LogP contribution in [0.2, 0.25) is 0 Å². The number of benzene rings is 2. The second-order valence-corrected chi connectivity index (χ2v) is 6.88. The predicted octanol–water partition coefficient (Wildman–Crippen LogP) is 3.97. The van der Waals surface area contributed by atoms with E-state index in [-0.39, 0.29) is 13.0 Å². The fourth-order valence-corrected chi connectivity index (χ4v) is 2.95. The SMILES string of the molecule is Cc1ccc(C(=O)OC[C@H]2O[C@H](OCl)C[C@@H]2OC(=O)c2ccc(C)cc2)cc1. The van der Waals surface area contributed by atoms with Crippen LogP contribution < -0.4 is 0 Å². The number of aryl methyl sites for hydroxylation is 2. The third-order valence-corrected chi connectivity index (χ3v) is 4.68. The monoisotopic (exact) mass is 404 g/mol. The molecule has 0 unspecified atom stereocenters. The van der Waals surface area contributed by atoms with Crippen molar-refractivity contribution in [2.45, 2.75) is 38.8 Å². The van der Waals surface area contributed by atoms with Crippen LogP contribution >= 0.6 is 11.9 Å². The normalized spacial score (nSPS) is 21.3. The molecule has 6 nitrogen and oxygen atoms in total. The van der Waals surface area contributed by atoms with Gasteiger partial charge in [-0.3, -0.25) is 0 Å². The molecule has 7 heteroatoms. The standard InChI is InChI=1S/C21H21ClO6/c1-13-3-7-15(8-4-13)20(23)25-12-18-17(11-19(26-18)28-22)27-21(24)16-9-5-14(2)6-10-16/h3-10,17-19H,11-12H2,1-2H3/t17-,18+,19+/m0/s1. The summed E-state index contributed by atoms with van der Waals surface area (Å²) in [4.78, 5) is 24.6. The molecule has 0 aromatic heterocycles. The van der Waals surface area contributed by atoms with Gasteiger partial charge in [-0.15, -0.1) is 0 Å². The summed E-state index contributed by atoms with van der Waals surface area (Å²) in [6.45, 7) is 3.77. The molecule has 1 aliphatic rings. The van der Waals surface area contributed by atoms with E-state index in [9.17, 15) is 9.59 Å². The molecular formula is C21H21ClO6. The molecule has 0 N–H and O–H groups in total. The Labute approximate surface area is 168 Å². The Kier molecular flexibility index (Phi) is 6.67. The first-order chi connectivity index (χ1) is 13.5. The molecule has 0 radical (unpaired) electrons. The van der Waals surface area contributed by atoms with Crippen molar-refractivity contribution in [2.24, 2.45) is 0 Å². The molecular weight excluding hydrogens is 384 g/mol. The number of esters is 2. The first kappa shape index (κ1) is 20.3. The Hall–Kier alpha value is -2.41. The minimum Gasteiger partial charge on any atom is -0.459 e. The van der Waals surface area contributed by atoms with Crippen LogP contribution in [0.25, 0.3) is 0 Å². The number of rotatable bonds is 6. The maximum absolute atomic E-state index is 12.4. The van der Waals surface area contributed by atoms with Gasteiger partial charge in [0.05, 0.1) is 23.0 Å². The summed E-state index contributed by atoms with van der Waals surface area (Å²) in [6, 6.07) is 14.1. The summed E-state index contributed by atoms with van der Waals surface area (Å²) in [5, 5.41) is 0. The van der Waals surface area contributed by atoms with Crippen molar-refractivity contribution in [3.05, 3.63) is 70.8 Å². The molecule has 0 saturated carbocycles. The molecule has 1 aliphatic heterocycles. The van der Waals surface area contributed by atoms with Crippen LogP contribution in [0.3, 0.4) is 0 Å². The van der Waals surface area contributed by atoms with E-state index in [2.05, 4.69) is 0 Å². The number of halogens is 1. The van der Waals surface area contributed by atoms with E-state index in [0.717, 1.165) is 11.1 Å². The van der Waals surface area contributed by atoms with Crippen LogP contribution in [0.4, 0.5) is 0 Å². The highest BCUT2D eigenvalue weighted by molar-refractivity contribution is 6.07. The predicted molar refractivity (Wildman–Crippen MR) is 102 cm³/mol. The third-order valence-electron chi connectivity index (χ3n) is 4.48. The second kappa shape index (κ2) is 9.19. The molecule has 1 saturated heterocycles. The average molecular weight is 405 g/mol. The average Bonchev–Trinajstić information content (AvgIpc) is 3.09. The highest BCUT2D eigenvalue weighted by atomic mass is 35.5. The zero-order valence-electron chi connectivity index (χ0n) is 15.6. The first-order valence-corrected chi connectivity index (χ1v) is 9.21. The smallest absolute Gasteiger partial charge is 0.338 e. The maximum atomic E-state index is 12.4. The molecule has 3 atom stereocenters. The minimum absolute atomic E-state index is 0.0880. The van der Waals surface area contributed by atoms with Gasteiger partial charge in [-0.1, -0.05) is 35.4 Å². The summed E-state index contributed by atoms with van der Waals surface area (Å²) in [5.41, 5.74) is 2.94. The Morgan fingerprint density at radius 3 is 2.04 bits per heavy atom. The molecule has 0 amide bonds. The molecule has 0 spiro atoms. The number of hydrogen-bond donors (Lipinski definition) is 0. The minimum atomic E-state index is -0.749. The van der Waals surface area contributed by atoms with Crippen molar-refractivity contribution in [3.63, 3.8) is 0 Å². The van der Waals surface area contributed by atoms with Gasteiger partial charge in [-0.05, 0) is 38.1 Å². The third kappa shape index (κ3) is 5.10. The van der Waals surface area contributed by atoms with Crippen LogP contribution in [0, 0.1) is 13.8 Å². The molecule has 148 valence electrons. The molecule has 2 aromatic carbocycles. The molecule has 1 heterocycles. The second-order valence-electron chi connectivity index (χ2n) is 6.70. The summed E-state index contributed by atoms with van der Waals surface area (Å²) in [5.74, 6) is -0.971. The largest absolute Gasteiger partial charge is 0.459 e. The highest BCUT2D eigenvalue weighted by Gasteiger charge is 2.39. The van der Waals surface area contributed by atoms with E-state index >= 15 is 0 Å². The van der Waals surface area contributed by atoms with Gasteiger partial charge >= 0.3 is 11.9 Å². The fraction of sp³-hybridized carbons (Fsp3) is 0.333. The summed E-state index contributed by atoms with van der Waals surface area (Å²) >= 11 is 5.41. The van der Waals surface area contributed by atoms with Crippen molar-refractivity contribution in [1.82, 2.24) is 0 Å². The topological polar surface area (TPSA) is 71.1 Å². The van der Waals surface area contributed by atoms with Crippen LogP contribution in [0.15, 0.2) is 48.5 Å². The van der Waals surface area contributed by atoms with Gasteiger partial charge in [0.15, 0.2) is 6.29 Å². The lowest BCUT2D eigenvalue weighted by Gasteiger charge is -2.18. The van der Waals surface area contributed by atoms with Crippen LogP contribution in [-0.2, 0) is 18.5 Å². The lowest BCUT2D eigenvalue weighted by molar-refractivity contribution is -0.0943. The number of carbonyl (C=O) groups excluding carboxylic acids is 2. The highest BCUT2D eigenvalue weighted by Crippen LogP contribution is 2.26. The molecule has 28 heavy (non-hydrogen) atoms. The van der Waals surface area contributed by atoms with E-state index in [0.29, 0.717) is 11.1 Å². The van der Waals surface area contributed by atoms with Crippen molar-refractivity contribution >= 4 is 23.8 Å². The fourth-order valence-electron chi connectivity index (χ4n) is 2.83. The summed E-state index contributed by atoms with van der Waals surface area (Å²) in [6.07, 6.45) is -1.83. The Morgan fingerprint density at radius 2 is 1.50 bits per heavy atom. The van der Waals surface area contributed by atoms with Crippen molar-refractivity contribution < 1.29 is 28.1 Å². The van der Waals surface area contributed by atoms with Gasteiger partial charge in [0, 0.05) is 6.42 Å². The molecule has 3 rings (SSSR count). The number of ether oxygens (including phenoxy) is 3. The number of hydrogen-bond acceptors (Lipinski definition) is 6. The van der Waals surface area contributed by atoms with Crippen molar-refractivity contribution in [2.75, 3.05) is 6.61 Å². The lowest BCUT2D eigenvalue weighted by atomic mass is 10.1. The van der Waals surface area contributed by atoms with E-state index < -0.39 is 30.4 Å². The first-order valence-electron chi connectivity index (χ1n) is 8.90. The maximum Gasteiger partial charge on any atom is 0.338 e. The Balaban J connectivity index is 1.61. The van der Waals surface area contributed by atoms with Gasteiger partial charge in [0.2, 0.25) is 0 Å². The van der Waals surface area contributed by atoms with Gasteiger partial charge < -0.3 is 14.2 Å². The van der Waals surface area contributed by atoms with Gasteiger partial charge in [-0.25, -0.2) is 13.9 Å². The molecule has 0 aliphatic carbocycles. The molecule has 1 fully saturated rings. The van der Waals surface area contributed by atoms with Crippen LogP contribution in [-0.4, -0.2) is 37.0 Å². The summed E-state index contributed by atoms with van der Waals surface area (Å²) in [7, 11) is 0. The van der Waals surface area contributed by atoms with Crippen LogP contribution in [0.5, 0.6) is 0 Å². The zero-order valence-corrected chi connectivity index (χ0v) is 16.3. The zero-order chi connectivity index (χ0) is 20.1. The van der Waals surface area contributed by atoms with Crippen molar-refractivity contribution in [1.29, 1.82) is 0 Å². The van der Waals surface area contributed by atoms with E-state index in [1.807, 2.05) is 38.1 Å². The van der Waals surface area contributed by atoms with Gasteiger partial charge in [0.1, 0.15) is 18.8 Å². The summed E-state index contributed by atoms with van der Waals surface area (Å²) < 4.78 is 21.1. The Bertz CT molecular complexity index is 818. The quantitative estimate of drug-likeness (QED) is 0.678. The Morgan fingerprint density at radius 1 is 0.964 bits per heavy atom. The lowest BCUT2D eigenvalue weighted by Crippen LogP contribution is -2.32. The van der Waals surface area contributed by atoms with E-state index in [1.54, 1.807) is 24.3 Å². The van der Waals surface area contributed by atoms with Crippen molar-refractivity contribution in [3.8, 4) is 0 Å². The van der Waals surface area contributed by atoms with E-state index in [4.69, 9.17) is 30.4 Å². The molecule has 2 aromatic rings.